The monoisotopic (exact) mass is 341 g/mol. The Morgan fingerprint density at radius 3 is 2.00 bits per heavy atom. The number of carbonyl (C=O) groups is 1. The van der Waals surface area contributed by atoms with Crippen LogP contribution in [0.5, 0.6) is 0 Å². The third-order valence-electron chi connectivity index (χ3n) is 3.61. The minimum atomic E-state index is -3.53. The number of sulfonamides is 1. The second-order valence-electron chi connectivity index (χ2n) is 5.85. The Morgan fingerprint density at radius 2 is 1.57 bits per heavy atom. The summed E-state index contributed by atoms with van der Waals surface area (Å²) < 4.78 is 25.3. The quantitative estimate of drug-likeness (QED) is 0.723. The van der Waals surface area contributed by atoms with Gasteiger partial charge in [-0.15, -0.1) is 0 Å². The molecule has 0 bridgehead atoms. The fourth-order valence-corrected chi connectivity index (χ4v) is 2.93. The predicted molar refractivity (Wildman–Crippen MR) is 95.5 cm³/mol. The molecule has 7 heteroatoms. The van der Waals surface area contributed by atoms with Crippen LogP contribution in [0.4, 0.5) is 11.4 Å². The van der Waals surface area contributed by atoms with Crippen LogP contribution in [0.1, 0.15) is 19.8 Å². The first-order chi connectivity index (χ1) is 10.7. The topological polar surface area (TPSA) is 60.9 Å². The molecule has 0 radical (unpaired) electrons. The van der Waals surface area contributed by atoms with Crippen LogP contribution in [0, 0.1) is 0 Å². The number of likely N-dealkylation sites (N-methyl/N-ethyl adjacent to an activating group) is 1. The molecule has 0 spiro atoms. The van der Waals surface area contributed by atoms with Crippen molar-refractivity contribution in [3.63, 3.8) is 0 Å². The molecule has 1 aromatic rings. The van der Waals surface area contributed by atoms with Gasteiger partial charge in [0.05, 0.1) is 11.9 Å². The van der Waals surface area contributed by atoms with Crippen molar-refractivity contribution in [3.8, 4) is 0 Å². The number of amides is 1. The molecule has 0 heterocycles. The highest BCUT2D eigenvalue weighted by atomic mass is 32.2. The number of hydrogen-bond donors (Lipinski definition) is 0. The van der Waals surface area contributed by atoms with E-state index in [1.54, 1.807) is 24.1 Å². The van der Waals surface area contributed by atoms with Crippen molar-refractivity contribution >= 4 is 27.3 Å². The number of hydrogen-bond acceptors (Lipinski definition) is 4. The van der Waals surface area contributed by atoms with Crippen molar-refractivity contribution in [2.24, 2.45) is 0 Å². The molecule has 0 atom stereocenters. The number of carbonyl (C=O) groups excluding carboxylic acids is 1. The van der Waals surface area contributed by atoms with Crippen LogP contribution >= 0.6 is 0 Å². The summed E-state index contributed by atoms with van der Waals surface area (Å²) in [7, 11) is 2.00. The van der Waals surface area contributed by atoms with E-state index in [0.29, 0.717) is 12.2 Å². The van der Waals surface area contributed by atoms with Crippen LogP contribution in [0.2, 0.25) is 0 Å². The van der Waals surface area contributed by atoms with Crippen LogP contribution in [0.15, 0.2) is 24.3 Å². The second kappa shape index (κ2) is 8.19. The summed E-state index contributed by atoms with van der Waals surface area (Å²) in [5, 5.41) is 0. The minimum Gasteiger partial charge on any atom is -0.378 e. The summed E-state index contributed by atoms with van der Waals surface area (Å²) in [6.45, 7) is 2.50. The zero-order chi connectivity index (χ0) is 17.6. The Bertz CT molecular complexity index is 612. The first-order valence-electron chi connectivity index (χ1n) is 7.66. The molecular formula is C16H27N3O3S. The van der Waals surface area contributed by atoms with E-state index in [-0.39, 0.29) is 12.5 Å². The SMILES string of the molecule is CCCCN(C)C(=O)CN(c1ccc(N(C)C)cc1)S(C)(=O)=O. The van der Waals surface area contributed by atoms with Crippen LogP contribution in [-0.4, -0.2) is 59.7 Å². The number of nitrogens with zero attached hydrogens (tertiary/aromatic N) is 3. The third kappa shape index (κ3) is 5.74. The van der Waals surface area contributed by atoms with Crippen molar-refractivity contribution in [2.45, 2.75) is 19.8 Å². The highest BCUT2D eigenvalue weighted by Crippen LogP contribution is 2.21. The average molecular weight is 341 g/mol. The van der Waals surface area contributed by atoms with Crippen LogP contribution in [0.25, 0.3) is 0 Å². The number of benzene rings is 1. The molecule has 0 saturated carbocycles. The molecule has 0 aliphatic carbocycles. The standard InChI is InChI=1S/C16H27N3O3S/c1-6-7-12-18(4)16(20)13-19(23(5,21)22)15-10-8-14(9-11-15)17(2)3/h8-11H,6-7,12-13H2,1-5H3. The van der Waals surface area contributed by atoms with Crippen molar-refractivity contribution < 1.29 is 13.2 Å². The smallest absolute Gasteiger partial charge is 0.243 e. The highest BCUT2D eigenvalue weighted by Gasteiger charge is 2.22. The lowest BCUT2D eigenvalue weighted by molar-refractivity contribution is -0.128. The molecule has 0 saturated heterocycles. The molecule has 6 nitrogen and oxygen atoms in total. The van der Waals surface area contributed by atoms with E-state index in [1.165, 1.54) is 0 Å². The summed E-state index contributed by atoms with van der Waals surface area (Å²) in [6.07, 6.45) is 3.00. The maximum Gasteiger partial charge on any atom is 0.243 e. The summed E-state index contributed by atoms with van der Waals surface area (Å²) in [4.78, 5) is 15.8. The van der Waals surface area contributed by atoms with E-state index in [0.717, 1.165) is 29.1 Å². The van der Waals surface area contributed by atoms with Gasteiger partial charge in [-0.3, -0.25) is 9.10 Å². The van der Waals surface area contributed by atoms with E-state index in [4.69, 9.17) is 0 Å². The van der Waals surface area contributed by atoms with Gasteiger partial charge in [-0.05, 0) is 30.7 Å². The van der Waals surface area contributed by atoms with Gasteiger partial charge in [0.25, 0.3) is 0 Å². The lowest BCUT2D eigenvalue weighted by Crippen LogP contribution is -2.41. The molecule has 0 aromatic heterocycles. The van der Waals surface area contributed by atoms with E-state index in [2.05, 4.69) is 0 Å². The van der Waals surface area contributed by atoms with E-state index in [9.17, 15) is 13.2 Å². The molecule has 1 amide bonds. The molecule has 0 aliphatic rings. The molecule has 130 valence electrons. The summed E-state index contributed by atoms with van der Waals surface area (Å²) >= 11 is 0. The fraction of sp³-hybridized carbons (Fsp3) is 0.562. The molecule has 0 fully saturated rings. The highest BCUT2D eigenvalue weighted by molar-refractivity contribution is 7.92. The largest absolute Gasteiger partial charge is 0.378 e. The van der Waals surface area contributed by atoms with Crippen molar-refractivity contribution in [1.29, 1.82) is 0 Å². The molecule has 1 rings (SSSR count). The van der Waals surface area contributed by atoms with Gasteiger partial charge < -0.3 is 9.80 Å². The van der Waals surface area contributed by atoms with Crippen LogP contribution < -0.4 is 9.21 Å². The maximum atomic E-state index is 12.3. The van der Waals surface area contributed by atoms with Gasteiger partial charge in [0.2, 0.25) is 15.9 Å². The molecule has 23 heavy (non-hydrogen) atoms. The summed E-state index contributed by atoms with van der Waals surface area (Å²) in [6, 6.07) is 7.10. The molecule has 0 aliphatic heterocycles. The van der Waals surface area contributed by atoms with Gasteiger partial charge >= 0.3 is 0 Å². The van der Waals surface area contributed by atoms with E-state index in [1.807, 2.05) is 38.1 Å². The lowest BCUT2D eigenvalue weighted by Gasteiger charge is -2.25. The van der Waals surface area contributed by atoms with Gasteiger partial charge in [-0.1, -0.05) is 13.3 Å². The summed E-state index contributed by atoms with van der Waals surface area (Å²) in [5.41, 5.74) is 1.46. The average Bonchev–Trinajstić information content (AvgIpc) is 2.48. The maximum absolute atomic E-state index is 12.3. The normalized spacial score (nSPS) is 11.2. The summed E-state index contributed by atoms with van der Waals surface area (Å²) in [5.74, 6) is -0.208. The van der Waals surface area contributed by atoms with Gasteiger partial charge in [0.15, 0.2) is 0 Å². The Balaban J connectivity index is 2.96. The molecule has 0 unspecified atom stereocenters. The van der Waals surface area contributed by atoms with Gasteiger partial charge in [-0.25, -0.2) is 8.42 Å². The van der Waals surface area contributed by atoms with Gasteiger partial charge in [-0.2, -0.15) is 0 Å². The van der Waals surface area contributed by atoms with E-state index >= 15 is 0 Å². The fourth-order valence-electron chi connectivity index (χ4n) is 2.08. The zero-order valence-electron chi connectivity index (χ0n) is 14.6. The molecule has 1 aromatic carbocycles. The molecular weight excluding hydrogens is 314 g/mol. The Kier molecular flexibility index (Phi) is 6.87. The number of anilines is 2. The first kappa shape index (κ1) is 19.3. The zero-order valence-corrected chi connectivity index (χ0v) is 15.4. The van der Waals surface area contributed by atoms with Crippen molar-refractivity contribution in [2.75, 3.05) is 49.7 Å². The Labute approximate surface area is 139 Å². The first-order valence-corrected chi connectivity index (χ1v) is 9.50. The Hall–Kier alpha value is -1.76. The number of unbranched alkanes of at least 4 members (excludes halogenated alkanes) is 1. The van der Waals surface area contributed by atoms with Crippen molar-refractivity contribution in [3.05, 3.63) is 24.3 Å². The molecule has 0 N–H and O–H groups in total. The lowest BCUT2D eigenvalue weighted by atomic mass is 10.2. The van der Waals surface area contributed by atoms with Gasteiger partial charge in [0, 0.05) is 33.4 Å². The second-order valence-corrected chi connectivity index (χ2v) is 7.76. The third-order valence-corrected chi connectivity index (χ3v) is 4.75. The number of rotatable bonds is 8. The van der Waals surface area contributed by atoms with Crippen molar-refractivity contribution in [1.82, 2.24) is 4.90 Å². The van der Waals surface area contributed by atoms with Crippen LogP contribution in [-0.2, 0) is 14.8 Å². The van der Waals surface area contributed by atoms with Gasteiger partial charge in [0.1, 0.15) is 6.54 Å². The predicted octanol–water partition coefficient (Wildman–Crippen LogP) is 1.78. The minimum absolute atomic E-state index is 0.180. The van der Waals surface area contributed by atoms with E-state index < -0.39 is 10.0 Å². The Morgan fingerprint density at radius 1 is 1.04 bits per heavy atom. The van der Waals surface area contributed by atoms with Crippen LogP contribution in [0.3, 0.4) is 0 Å².